The summed E-state index contributed by atoms with van der Waals surface area (Å²) in [6.45, 7) is 1.84. The van der Waals surface area contributed by atoms with Crippen LogP contribution in [-0.2, 0) is 24.9 Å². The number of nitrogens with zero attached hydrogens (tertiary/aromatic N) is 2. The number of aryl methyl sites for hydroxylation is 1. The van der Waals surface area contributed by atoms with Crippen molar-refractivity contribution in [3.63, 3.8) is 0 Å². The van der Waals surface area contributed by atoms with E-state index < -0.39 is 26.0 Å². The van der Waals surface area contributed by atoms with Gasteiger partial charge in [-0.25, -0.2) is 9.45 Å². The molecule has 0 unspecified atom stereocenters. The molecule has 1 aromatic carbocycles. The molecular formula is C23H21N3O7S3. The van der Waals surface area contributed by atoms with Gasteiger partial charge in [0.2, 0.25) is 0 Å². The van der Waals surface area contributed by atoms with Crippen molar-refractivity contribution in [3.05, 3.63) is 96.5 Å². The summed E-state index contributed by atoms with van der Waals surface area (Å²) in [4.78, 5) is 15.9. The fourth-order valence-electron chi connectivity index (χ4n) is 2.77. The first-order chi connectivity index (χ1) is 17.0. The van der Waals surface area contributed by atoms with Crippen LogP contribution >= 0.6 is 11.3 Å². The molecule has 13 heteroatoms. The minimum absolute atomic E-state index is 0.0666. The minimum Gasteiger partial charge on any atom is -0.288 e. The Balaban J connectivity index is 0.000000275. The molecule has 3 aromatic heterocycles. The Morgan fingerprint density at radius 2 is 1.75 bits per heavy atom. The molecule has 3 N–H and O–H groups in total. The van der Waals surface area contributed by atoms with Gasteiger partial charge in [-0.3, -0.25) is 19.5 Å². The molecule has 0 atom stereocenters. The van der Waals surface area contributed by atoms with Gasteiger partial charge in [0, 0.05) is 24.7 Å². The Bertz CT molecular complexity index is 1570. The van der Waals surface area contributed by atoms with E-state index in [1.54, 1.807) is 42.6 Å². The number of rotatable bonds is 6. The molecule has 0 aliphatic heterocycles. The third-order valence-corrected chi connectivity index (χ3v) is 8.66. The highest BCUT2D eigenvalue weighted by atomic mass is 32.2. The van der Waals surface area contributed by atoms with E-state index in [9.17, 15) is 21.6 Å². The molecule has 0 saturated carbocycles. The molecule has 3 heterocycles. The van der Waals surface area contributed by atoms with E-state index in [0.29, 0.717) is 11.3 Å². The van der Waals surface area contributed by atoms with Gasteiger partial charge in [-0.2, -0.15) is 16.8 Å². The highest BCUT2D eigenvalue weighted by molar-refractivity contribution is 7.92. The largest absolute Gasteiger partial charge is 0.294 e. The lowest BCUT2D eigenvalue weighted by Gasteiger charge is -2.02. The predicted molar refractivity (Wildman–Crippen MR) is 135 cm³/mol. The Kier molecular flexibility index (Phi) is 8.55. The molecule has 0 radical (unpaired) electrons. The molecule has 1 amide bonds. The standard InChI is InChI=1S/C16H13N3O4S2.C7H8O3S/c20-15(18-21)6-4-12-8-10-19(11-12)25(22,23)16-7-5-14(24-16)13-3-1-2-9-17-13;1-6-2-4-7(5-3-6)11(8,9)10/h1-11,21H,(H,18,20);2-5H,1H3,(H,8,9,10). The van der Waals surface area contributed by atoms with Gasteiger partial charge in [0.1, 0.15) is 4.21 Å². The molecule has 0 aliphatic rings. The van der Waals surface area contributed by atoms with Gasteiger partial charge in [0.05, 0.1) is 15.5 Å². The van der Waals surface area contributed by atoms with Crippen molar-refractivity contribution in [1.82, 2.24) is 14.4 Å². The number of hydrogen-bond donors (Lipinski definition) is 3. The van der Waals surface area contributed by atoms with Crippen LogP contribution in [0.3, 0.4) is 0 Å². The van der Waals surface area contributed by atoms with Gasteiger partial charge < -0.3 is 0 Å². The number of nitrogens with one attached hydrogen (secondary N) is 1. The Hall–Kier alpha value is -3.62. The van der Waals surface area contributed by atoms with Crippen LogP contribution in [0.2, 0.25) is 0 Å². The summed E-state index contributed by atoms with van der Waals surface area (Å²) in [5.74, 6) is -0.700. The third-order valence-electron chi connectivity index (χ3n) is 4.58. The number of hydrogen-bond acceptors (Lipinski definition) is 8. The monoisotopic (exact) mass is 547 g/mol. The van der Waals surface area contributed by atoms with E-state index >= 15 is 0 Å². The zero-order valence-electron chi connectivity index (χ0n) is 18.7. The van der Waals surface area contributed by atoms with E-state index in [1.165, 1.54) is 36.1 Å². The van der Waals surface area contributed by atoms with Crippen molar-refractivity contribution in [2.45, 2.75) is 16.0 Å². The lowest BCUT2D eigenvalue weighted by atomic mass is 10.2. The van der Waals surface area contributed by atoms with E-state index in [2.05, 4.69) is 4.98 Å². The first-order valence-electron chi connectivity index (χ1n) is 10.1. The summed E-state index contributed by atoms with van der Waals surface area (Å²) >= 11 is 1.13. The molecule has 4 rings (SSSR count). The van der Waals surface area contributed by atoms with Crippen LogP contribution in [-0.4, -0.2) is 41.5 Å². The van der Waals surface area contributed by atoms with Crippen LogP contribution in [0, 0.1) is 6.92 Å². The van der Waals surface area contributed by atoms with Gasteiger partial charge in [0.15, 0.2) is 0 Å². The summed E-state index contributed by atoms with van der Waals surface area (Å²) < 4.78 is 56.2. The molecule has 188 valence electrons. The number of hydroxylamine groups is 1. The summed E-state index contributed by atoms with van der Waals surface area (Å²) in [5, 5.41) is 8.44. The molecule has 10 nitrogen and oxygen atoms in total. The number of aromatic nitrogens is 2. The minimum atomic E-state index is -4.02. The molecule has 0 spiro atoms. The zero-order valence-corrected chi connectivity index (χ0v) is 21.2. The van der Waals surface area contributed by atoms with Crippen LogP contribution in [0.4, 0.5) is 0 Å². The summed E-state index contributed by atoms with van der Waals surface area (Å²) in [7, 11) is -7.75. The van der Waals surface area contributed by atoms with E-state index in [1.807, 2.05) is 19.1 Å². The van der Waals surface area contributed by atoms with Gasteiger partial charge >= 0.3 is 0 Å². The lowest BCUT2D eigenvalue weighted by Crippen LogP contribution is -2.14. The predicted octanol–water partition coefficient (Wildman–Crippen LogP) is 3.61. The van der Waals surface area contributed by atoms with Crippen LogP contribution in [0.1, 0.15) is 11.1 Å². The number of carbonyl (C=O) groups excluding carboxylic acids is 1. The Morgan fingerprint density at radius 3 is 2.36 bits per heavy atom. The van der Waals surface area contributed by atoms with Crippen molar-refractivity contribution in [3.8, 4) is 10.6 Å². The molecular weight excluding hydrogens is 526 g/mol. The second kappa shape index (κ2) is 11.4. The molecule has 4 aromatic rings. The smallest absolute Gasteiger partial charge is 0.288 e. The molecule has 0 aliphatic carbocycles. The van der Waals surface area contributed by atoms with Gasteiger partial charge in [0.25, 0.3) is 26.0 Å². The first-order valence-corrected chi connectivity index (χ1v) is 13.8. The summed E-state index contributed by atoms with van der Waals surface area (Å²) in [6, 6.07) is 16.2. The zero-order chi connectivity index (χ0) is 26.3. The normalized spacial score (nSPS) is 11.6. The van der Waals surface area contributed by atoms with E-state index in [-0.39, 0.29) is 9.10 Å². The fourth-order valence-corrected chi connectivity index (χ4v) is 5.84. The Labute approximate surface area is 212 Å². The van der Waals surface area contributed by atoms with Crippen molar-refractivity contribution < 1.29 is 31.4 Å². The average molecular weight is 548 g/mol. The topological polar surface area (TPSA) is 156 Å². The number of carbonyl (C=O) groups is 1. The van der Waals surface area contributed by atoms with Crippen LogP contribution in [0.25, 0.3) is 16.6 Å². The molecule has 0 bridgehead atoms. The summed E-state index contributed by atoms with van der Waals surface area (Å²) in [5.41, 5.74) is 3.63. The SMILES string of the molecule is Cc1ccc(S(=O)(=O)O)cc1.O=C(C=Cc1ccn(S(=O)(=O)c2ccc(-c3ccccn3)s2)c1)NO. The van der Waals surface area contributed by atoms with Gasteiger partial charge in [-0.1, -0.05) is 23.8 Å². The number of thiophene rings is 1. The number of amides is 1. The summed E-state index contributed by atoms with van der Waals surface area (Å²) in [6.07, 6.45) is 6.92. The number of benzene rings is 1. The van der Waals surface area contributed by atoms with Crippen LogP contribution in [0.5, 0.6) is 0 Å². The van der Waals surface area contributed by atoms with Gasteiger partial charge in [-0.15, -0.1) is 11.3 Å². The van der Waals surface area contributed by atoms with Crippen molar-refractivity contribution in [1.29, 1.82) is 0 Å². The van der Waals surface area contributed by atoms with Crippen molar-refractivity contribution >= 4 is 43.5 Å². The van der Waals surface area contributed by atoms with E-state index in [4.69, 9.17) is 9.76 Å². The highest BCUT2D eigenvalue weighted by Crippen LogP contribution is 2.30. The maximum absolute atomic E-state index is 12.7. The van der Waals surface area contributed by atoms with Crippen LogP contribution < -0.4 is 5.48 Å². The second-order valence-corrected chi connectivity index (χ2v) is 11.8. The average Bonchev–Trinajstić information content (AvgIpc) is 3.54. The van der Waals surface area contributed by atoms with Crippen molar-refractivity contribution in [2.24, 2.45) is 0 Å². The van der Waals surface area contributed by atoms with Crippen LogP contribution in [0.15, 0.2) is 94.4 Å². The molecule has 0 saturated heterocycles. The first kappa shape index (κ1) is 27.0. The molecule has 36 heavy (non-hydrogen) atoms. The maximum atomic E-state index is 12.7. The number of pyridine rings is 1. The van der Waals surface area contributed by atoms with Gasteiger partial charge in [-0.05, 0) is 61.0 Å². The maximum Gasteiger partial charge on any atom is 0.294 e. The lowest BCUT2D eigenvalue weighted by molar-refractivity contribution is -0.124. The third kappa shape index (κ3) is 6.96. The van der Waals surface area contributed by atoms with E-state index in [0.717, 1.165) is 31.8 Å². The highest BCUT2D eigenvalue weighted by Gasteiger charge is 2.19. The second-order valence-electron chi connectivity index (χ2n) is 7.21. The fraction of sp³-hybridized carbons (Fsp3) is 0.0435. The van der Waals surface area contributed by atoms with Crippen molar-refractivity contribution in [2.75, 3.05) is 0 Å². The Morgan fingerprint density at radius 1 is 1.03 bits per heavy atom. The quantitative estimate of drug-likeness (QED) is 0.143. The molecule has 0 fully saturated rings.